The zero-order chi connectivity index (χ0) is 13.0. The highest BCUT2D eigenvalue weighted by molar-refractivity contribution is 6.42. The third-order valence-electron chi connectivity index (χ3n) is 2.36. The van der Waals surface area contributed by atoms with Crippen molar-refractivity contribution in [1.29, 1.82) is 0 Å². The summed E-state index contributed by atoms with van der Waals surface area (Å²) in [6.07, 6.45) is 1.71. The predicted molar refractivity (Wildman–Crippen MR) is 72.3 cm³/mol. The van der Waals surface area contributed by atoms with Crippen LogP contribution in [0.1, 0.15) is 11.3 Å². The zero-order valence-electron chi connectivity index (χ0n) is 9.87. The number of rotatable bonds is 5. The Balaban J connectivity index is 1.95. The number of hydrogen-bond acceptors (Lipinski definition) is 3. The van der Waals surface area contributed by atoms with E-state index in [-0.39, 0.29) is 0 Å². The molecule has 0 atom stereocenters. The number of halogens is 2. The van der Waals surface area contributed by atoms with Crippen LogP contribution in [0.15, 0.2) is 34.9 Å². The summed E-state index contributed by atoms with van der Waals surface area (Å²) in [4.78, 5) is 0. The fraction of sp³-hybridized carbons (Fsp3) is 0.231. The Labute approximate surface area is 116 Å². The number of benzene rings is 1. The van der Waals surface area contributed by atoms with E-state index in [0.29, 0.717) is 22.4 Å². The second kappa shape index (κ2) is 6.14. The maximum absolute atomic E-state index is 5.90. The van der Waals surface area contributed by atoms with E-state index < -0.39 is 0 Å². The summed E-state index contributed by atoms with van der Waals surface area (Å²) in [6, 6.07) is 7.11. The molecule has 0 bridgehead atoms. The highest BCUT2D eigenvalue weighted by Gasteiger charge is 2.04. The molecule has 0 saturated carbocycles. The third kappa shape index (κ3) is 3.42. The van der Waals surface area contributed by atoms with Gasteiger partial charge in [0.2, 0.25) is 0 Å². The van der Waals surface area contributed by atoms with Gasteiger partial charge in [-0.3, -0.25) is 0 Å². The molecule has 96 valence electrons. The Morgan fingerprint density at radius 2 is 2.06 bits per heavy atom. The Morgan fingerprint density at radius 3 is 2.78 bits per heavy atom. The molecule has 2 aromatic rings. The van der Waals surface area contributed by atoms with Gasteiger partial charge in [-0.2, -0.15) is 0 Å². The summed E-state index contributed by atoms with van der Waals surface area (Å²) in [7, 11) is 1.89. The minimum atomic E-state index is 0.363. The SMILES string of the molecule is CNCc1coc(COc2ccc(Cl)c(Cl)c2)c1. The van der Waals surface area contributed by atoms with Crippen molar-refractivity contribution < 1.29 is 9.15 Å². The first-order chi connectivity index (χ1) is 8.69. The van der Waals surface area contributed by atoms with E-state index in [2.05, 4.69) is 5.32 Å². The van der Waals surface area contributed by atoms with E-state index >= 15 is 0 Å². The van der Waals surface area contributed by atoms with Gasteiger partial charge in [0.1, 0.15) is 18.1 Å². The largest absolute Gasteiger partial charge is 0.486 e. The molecular weight excluding hydrogens is 273 g/mol. The van der Waals surface area contributed by atoms with E-state index in [9.17, 15) is 0 Å². The summed E-state index contributed by atoms with van der Waals surface area (Å²) in [5.74, 6) is 1.43. The van der Waals surface area contributed by atoms with Crippen LogP contribution in [0.4, 0.5) is 0 Å². The first kappa shape index (κ1) is 13.3. The molecule has 2 rings (SSSR count). The fourth-order valence-electron chi connectivity index (χ4n) is 1.52. The van der Waals surface area contributed by atoms with Crippen molar-refractivity contribution in [3.63, 3.8) is 0 Å². The van der Waals surface area contributed by atoms with Crippen LogP contribution in [-0.4, -0.2) is 7.05 Å². The van der Waals surface area contributed by atoms with Crippen LogP contribution < -0.4 is 10.1 Å². The van der Waals surface area contributed by atoms with Gasteiger partial charge < -0.3 is 14.5 Å². The Kier molecular flexibility index (Phi) is 4.53. The van der Waals surface area contributed by atoms with Gasteiger partial charge in [0.15, 0.2) is 0 Å². The second-order valence-electron chi connectivity index (χ2n) is 3.82. The molecule has 0 aliphatic heterocycles. The van der Waals surface area contributed by atoms with Crippen molar-refractivity contribution >= 4 is 23.2 Å². The first-order valence-electron chi connectivity index (χ1n) is 5.48. The average molecular weight is 286 g/mol. The standard InChI is InChI=1S/C13H13Cl2NO2/c1-16-6-9-4-11(17-7-9)8-18-10-2-3-12(14)13(15)5-10/h2-5,7,16H,6,8H2,1H3. The smallest absolute Gasteiger partial charge is 0.146 e. The third-order valence-corrected chi connectivity index (χ3v) is 3.10. The van der Waals surface area contributed by atoms with Gasteiger partial charge in [-0.1, -0.05) is 23.2 Å². The quantitative estimate of drug-likeness (QED) is 0.905. The Morgan fingerprint density at radius 1 is 1.22 bits per heavy atom. The zero-order valence-corrected chi connectivity index (χ0v) is 11.4. The molecule has 1 heterocycles. The van der Waals surface area contributed by atoms with E-state index in [4.69, 9.17) is 32.4 Å². The van der Waals surface area contributed by atoms with Gasteiger partial charge in [-0.15, -0.1) is 0 Å². The molecule has 0 fully saturated rings. The molecule has 1 aromatic carbocycles. The van der Waals surface area contributed by atoms with Crippen LogP contribution >= 0.6 is 23.2 Å². The van der Waals surface area contributed by atoms with Crippen LogP contribution in [-0.2, 0) is 13.2 Å². The topological polar surface area (TPSA) is 34.4 Å². The molecule has 1 N–H and O–H groups in total. The molecule has 0 aliphatic carbocycles. The minimum absolute atomic E-state index is 0.363. The molecule has 0 aliphatic rings. The molecule has 5 heteroatoms. The van der Waals surface area contributed by atoms with Gasteiger partial charge in [0.25, 0.3) is 0 Å². The molecule has 0 unspecified atom stereocenters. The maximum Gasteiger partial charge on any atom is 0.146 e. The van der Waals surface area contributed by atoms with Gasteiger partial charge in [0, 0.05) is 18.2 Å². The lowest BCUT2D eigenvalue weighted by molar-refractivity contribution is 0.270. The highest BCUT2D eigenvalue weighted by atomic mass is 35.5. The van der Waals surface area contributed by atoms with E-state index in [1.54, 1.807) is 24.5 Å². The van der Waals surface area contributed by atoms with Crippen LogP contribution in [0, 0.1) is 0 Å². The van der Waals surface area contributed by atoms with Gasteiger partial charge in [0.05, 0.1) is 16.3 Å². The summed E-state index contributed by atoms with van der Waals surface area (Å²) in [5, 5.41) is 4.04. The van der Waals surface area contributed by atoms with Gasteiger partial charge in [-0.25, -0.2) is 0 Å². The second-order valence-corrected chi connectivity index (χ2v) is 4.63. The van der Waals surface area contributed by atoms with Crippen molar-refractivity contribution in [2.45, 2.75) is 13.2 Å². The molecule has 0 amide bonds. The van der Waals surface area contributed by atoms with E-state index in [1.807, 2.05) is 13.1 Å². The van der Waals surface area contributed by atoms with Crippen molar-refractivity contribution in [2.24, 2.45) is 0 Å². The first-order valence-corrected chi connectivity index (χ1v) is 6.23. The van der Waals surface area contributed by atoms with Crippen molar-refractivity contribution in [2.75, 3.05) is 7.05 Å². The van der Waals surface area contributed by atoms with Crippen molar-refractivity contribution in [3.05, 3.63) is 51.9 Å². The van der Waals surface area contributed by atoms with Crippen LogP contribution in [0.3, 0.4) is 0 Å². The lowest BCUT2D eigenvalue weighted by Crippen LogP contribution is -2.03. The van der Waals surface area contributed by atoms with Gasteiger partial charge >= 0.3 is 0 Å². The normalized spacial score (nSPS) is 10.6. The molecule has 3 nitrogen and oxygen atoms in total. The average Bonchev–Trinajstić information content (AvgIpc) is 2.79. The number of hydrogen-bond donors (Lipinski definition) is 1. The molecule has 1 aromatic heterocycles. The summed E-state index contributed by atoms with van der Waals surface area (Å²) >= 11 is 11.7. The molecule has 0 radical (unpaired) electrons. The fourth-order valence-corrected chi connectivity index (χ4v) is 1.81. The van der Waals surface area contributed by atoms with E-state index in [0.717, 1.165) is 17.9 Å². The van der Waals surface area contributed by atoms with Crippen molar-refractivity contribution in [3.8, 4) is 5.75 Å². The minimum Gasteiger partial charge on any atom is -0.486 e. The summed E-state index contributed by atoms with van der Waals surface area (Å²) < 4.78 is 10.9. The lowest BCUT2D eigenvalue weighted by Gasteiger charge is -2.05. The van der Waals surface area contributed by atoms with Crippen LogP contribution in [0.2, 0.25) is 10.0 Å². The molecule has 0 saturated heterocycles. The monoisotopic (exact) mass is 285 g/mol. The number of furan rings is 1. The maximum atomic E-state index is 5.90. The predicted octanol–water partition coefficient (Wildman–Crippen LogP) is 3.88. The summed E-state index contributed by atoms with van der Waals surface area (Å²) in [6.45, 7) is 1.14. The lowest BCUT2D eigenvalue weighted by atomic mass is 10.3. The molecule has 0 spiro atoms. The number of ether oxygens (including phenoxy) is 1. The Hall–Kier alpha value is -1.16. The van der Waals surface area contributed by atoms with E-state index in [1.165, 1.54) is 0 Å². The summed E-state index contributed by atoms with van der Waals surface area (Å²) in [5.41, 5.74) is 1.09. The van der Waals surface area contributed by atoms with Crippen LogP contribution in [0.5, 0.6) is 5.75 Å². The van der Waals surface area contributed by atoms with Gasteiger partial charge in [-0.05, 0) is 25.2 Å². The van der Waals surface area contributed by atoms with Crippen molar-refractivity contribution in [1.82, 2.24) is 5.32 Å². The van der Waals surface area contributed by atoms with Crippen LogP contribution in [0.25, 0.3) is 0 Å². The Bertz CT molecular complexity index is 525. The molecular formula is C13H13Cl2NO2. The highest BCUT2D eigenvalue weighted by Crippen LogP contribution is 2.26. The molecule has 18 heavy (non-hydrogen) atoms. The number of nitrogens with one attached hydrogen (secondary N) is 1.